The molecule has 638 valence electrons. The quantitative estimate of drug-likeness (QED) is 0.0146. The summed E-state index contributed by atoms with van der Waals surface area (Å²) < 4.78 is 61.2. The molecule has 0 aromatic heterocycles. The molecule has 5 unspecified atom stereocenters. The first-order valence-corrected chi connectivity index (χ1v) is 47.1. The summed E-state index contributed by atoms with van der Waals surface area (Å²) in [6, 6.07) is 0. The topological polar surface area (TPSA) is 231 Å². The van der Waals surface area contributed by atoms with Gasteiger partial charge in [-0.05, 0) is 141 Å². The predicted molar refractivity (Wildman–Crippen MR) is 463 cm³/mol. The van der Waals surface area contributed by atoms with Crippen molar-refractivity contribution in [3.05, 3.63) is 146 Å². The molecular weight excluding hydrogens is 1430 g/mol. The van der Waals surface area contributed by atoms with Crippen molar-refractivity contribution in [2.75, 3.05) is 39.6 Å². The van der Waals surface area contributed by atoms with Crippen LogP contribution in [0.25, 0.3) is 0 Å². The Balaban J connectivity index is 4.40. The molecule has 0 saturated heterocycles. The lowest BCUT2D eigenvalue weighted by Gasteiger charge is -2.21. The zero-order valence-electron chi connectivity index (χ0n) is 70.1. The minimum Gasteiger partial charge on any atom is -0.463 e. The number of carbonyl (C=O) groups is 3. The third kappa shape index (κ3) is 86.1. The van der Waals surface area contributed by atoms with Crippen molar-refractivity contribution in [2.45, 2.75) is 386 Å². The minimum absolute atomic E-state index is 0.0835. The lowest BCUT2D eigenvalue weighted by atomic mass is 10.0. The summed E-state index contributed by atoms with van der Waals surface area (Å²) in [5, 5.41) is 20.7. The minimum atomic E-state index is -4.94. The Kier molecular flexibility index (Phi) is 81.3. The second kappa shape index (κ2) is 84.8. The van der Waals surface area contributed by atoms with E-state index in [1.807, 2.05) is 0 Å². The van der Waals surface area contributed by atoms with Crippen molar-refractivity contribution in [2.24, 2.45) is 0 Å². The van der Waals surface area contributed by atoms with Gasteiger partial charge in [-0.3, -0.25) is 32.5 Å². The first kappa shape index (κ1) is 106. The number of allylic oxidation sites excluding steroid dienone is 24. The van der Waals surface area contributed by atoms with Crippen molar-refractivity contribution in [1.29, 1.82) is 0 Å². The normalized spacial score (nSPS) is 14.5. The van der Waals surface area contributed by atoms with Gasteiger partial charge in [-0.2, -0.15) is 0 Å². The highest BCUT2D eigenvalue weighted by atomic mass is 31.2. The van der Waals surface area contributed by atoms with Crippen LogP contribution in [0, 0.1) is 0 Å². The molecule has 0 saturated carbocycles. The van der Waals surface area contributed by atoms with Crippen LogP contribution < -0.4 is 0 Å². The average Bonchev–Trinajstić information content (AvgIpc) is 0.918. The predicted octanol–water partition coefficient (Wildman–Crippen LogP) is 26.8. The largest absolute Gasteiger partial charge is 0.472 e. The Labute approximate surface area is 677 Å². The van der Waals surface area contributed by atoms with Gasteiger partial charge >= 0.3 is 33.6 Å². The van der Waals surface area contributed by atoms with Gasteiger partial charge in [-0.15, -0.1) is 0 Å². The van der Waals surface area contributed by atoms with E-state index in [2.05, 4.69) is 167 Å². The summed E-state index contributed by atoms with van der Waals surface area (Å²) in [6.07, 6.45) is 106. The van der Waals surface area contributed by atoms with Crippen molar-refractivity contribution in [3.63, 3.8) is 0 Å². The first-order valence-electron chi connectivity index (χ1n) is 44.1. The van der Waals surface area contributed by atoms with E-state index in [9.17, 15) is 43.5 Å². The molecule has 0 rings (SSSR count). The zero-order valence-corrected chi connectivity index (χ0v) is 71.9. The number of unbranched alkanes of at least 4 members (excludes halogenated alkanes) is 36. The Morgan fingerprint density at radius 1 is 0.261 bits per heavy atom. The number of phosphoric ester groups is 2. The lowest BCUT2D eigenvalue weighted by Crippen LogP contribution is -2.30. The molecule has 5 atom stereocenters. The fourth-order valence-corrected chi connectivity index (χ4v) is 13.4. The molecule has 0 amide bonds. The summed E-state index contributed by atoms with van der Waals surface area (Å²) in [4.78, 5) is 58.8. The maximum atomic E-state index is 13.0. The summed E-state index contributed by atoms with van der Waals surface area (Å²) in [5.41, 5.74) is 0. The summed E-state index contributed by atoms with van der Waals surface area (Å²) >= 11 is 0. The molecule has 0 aromatic carbocycles. The SMILES string of the molecule is CC/C=C\C/C=C\C/C=C\C/C=C\C/C=C\C/C=C\CCCCCCCCCCC(=O)OCC(COP(=O)(O)OCC(O)COP(=O)(O)OCC(O)COC(=O)CCCCCCCCCCCCCCCCCCCCC/C=C\C/C=C\C/C=C\C/C=C\CCCCC)OC(=O)CCCCCCC/C=C\C/C=C\CCC. The van der Waals surface area contributed by atoms with Crippen LogP contribution in [0.2, 0.25) is 0 Å². The molecule has 111 heavy (non-hydrogen) atoms. The van der Waals surface area contributed by atoms with Crippen LogP contribution in [0.3, 0.4) is 0 Å². The number of rotatable bonds is 83. The molecule has 0 aliphatic rings. The third-order valence-electron chi connectivity index (χ3n) is 18.5. The Hall–Kier alpha value is -4.57. The number of esters is 3. The van der Waals surface area contributed by atoms with E-state index in [-0.39, 0.29) is 19.3 Å². The maximum Gasteiger partial charge on any atom is 0.472 e. The van der Waals surface area contributed by atoms with Crippen LogP contribution in [0.15, 0.2) is 146 Å². The van der Waals surface area contributed by atoms with Crippen molar-refractivity contribution < 1.29 is 75.8 Å². The van der Waals surface area contributed by atoms with E-state index in [4.69, 9.17) is 32.3 Å². The molecular formula is C93H160O16P2. The van der Waals surface area contributed by atoms with Gasteiger partial charge in [0.25, 0.3) is 0 Å². The van der Waals surface area contributed by atoms with Gasteiger partial charge in [-0.1, -0.05) is 353 Å². The smallest absolute Gasteiger partial charge is 0.463 e. The third-order valence-corrected chi connectivity index (χ3v) is 20.4. The van der Waals surface area contributed by atoms with E-state index in [1.165, 1.54) is 141 Å². The number of aliphatic hydroxyl groups excluding tert-OH is 2. The van der Waals surface area contributed by atoms with Gasteiger partial charge in [0.05, 0.1) is 26.4 Å². The number of carbonyl (C=O) groups excluding carboxylic acids is 3. The van der Waals surface area contributed by atoms with Gasteiger partial charge in [-0.25, -0.2) is 9.13 Å². The number of ether oxygens (including phenoxy) is 3. The van der Waals surface area contributed by atoms with Crippen LogP contribution in [0.4, 0.5) is 0 Å². The Morgan fingerprint density at radius 3 is 0.793 bits per heavy atom. The number of hydrogen-bond donors (Lipinski definition) is 4. The van der Waals surface area contributed by atoms with Crippen LogP contribution in [-0.4, -0.2) is 95.9 Å². The molecule has 0 radical (unpaired) electrons. The summed E-state index contributed by atoms with van der Waals surface area (Å²) in [7, 11) is -9.80. The monoisotopic (exact) mass is 1600 g/mol. The van der Waals surface area contributed by atoms with Gasteiger partial charge in [0.15, 0.2) is 6.10 Å². The molecule has 16 nitrogen and oxygen atoms in total. The highest BCUT2D eigenvalue weighted by Gasteiger charge is 2.29. The van der Waals surface area contributed by atoms with Crippen LogP contribution >= 0.6 is 15.6 Å². The Morgan fingerprint density at radius 2 is 0.495 bits per heavy atom. The highest BCUT2D eigenvalue weighted by Crippen LogP contribution is 2.45. The van der Waals surface area contributed by atoms with Crippen molar-refractivity contribution >= 4 is 33.6 Å². The lowest BCUT2D eigenvalue weighted by molar-refractivity contribution is -0.161. The van der Waals surface area contributed by atoms with Gasteiger partial charge in [0.1, 0.15) is 25.4 Å². The number of hydrogen-bond acceptors (Lipinski definition) is 14. The van der Waals surface area contributed by atoms with Crippen LogP contribution in [0.1, 0.15) is 367 Å². The van der Waals surface area contributed by atoms with Gasteiger partial charge < -0.3 is 34.2 Å². The van der Waals surface area contributed by atoms with Crippen LogP contribution in [-0.2, 0) is 55.8 Å². The second-order valence-electron chi connectivity index (χ2n) is 29.3. The molecule has 0 aromatic rings. The highest BCUT2D eigenvalue weighted by molar-refractivity contribution is 7.47. The average molecular weight is 1600 g/mol. The van der Waals surface area contributed by atoms with E-state index in [0.29, 0.717) is 19.3 Å². The molecule has 0 fully saturated rings. The van der Waals surface area contributed by atoms with Crippen molar-refractivity contribution in [3.8, 4) is 0 Å². The van der Waals surface area contributed by atoms with Gasteiger partial charge in [0.2, 0.25) is 0 Å². The van der Waals surface area contributed by atoms with Crippen molar-refractivity contribution in [1.82, 2.24) is 0 Å². The van der Waals surface area contributed by atoms with E-state index < -0.39 is 91.5 Å². The molecule has 18 heteroatoms. The molecule has 0 bridgehead atoms. The Bertz CT molecular complexity index is 2600. The second-order valence-corrected chi connectivity index (χ2v) is 32.2. The maximum absolute atomic E-state index is 13.0. The molecule has 0 spiro atoms. The first-order chi connectivity index (χ1) is 54.2. The number of aliphatic hydroxyl groups is 2. The zero-order chi connectivity index (χ0) is 80.8. The molecule has 4 N–H and O–H groups in total. The van der Waals surface area contributed by atoms with E-state index in [1.54, 1.807) is 0 Å². The van der Waals surface area contributed by atoms with Gasteiger partial charge in [0, 0.05) is 19.3 Å². The van der Waals surface area contributed by atoms with E-state index in [0.717, 1.165) is 167 Å². The fraction of sp³-hybridized carbons (Fsp3) is 0.710. The van der Waals surface area contributed by atoms with E-state index >= 15 is 0 Å². The molecule has 0 heterocycles. The molecule has 0 aliphatic carbocycles. The number of phosphoric acid groups is 2. The standard InChI is InChI=1S/C93H160O16P2/c1-4-7-10-13-16-19-22-25-27-29-31-33-35-37-39-40-41-42-43-44-45-46-48-50-51-53-55-57-59-62-64-67-70-73-76-79-91(96)103-82-88(94)83-105-110(99,100)106-84-89(95)85-107-111(101,102)108-87-90(109-93(98)81-78-75-72-69-66-61-24-21-18-15-12-9-6-3)86-104-92(97)80-77-74-71-68-65-63-60-58-56-54-52-49-47-38-36-34-32-30-28-26-23-20-17-14-11-8-5-2/h8,11-12,15-17,19-21,24-28,31-34,37-39,47,52,54,88-90,94-95H,4-7,9-10,13-14,18,22-23,29-30,35-36,40-46,48-51,53,55-87H2,1-3H3,(H,99,100)(H,101,102)/b11-8-,15-12-,19-16-,20-17-,24-21-,27-25-,28-26-,33-31-,34-32-,39-37-,47-38-,54-52-. The fourth-order valence-electron chi connectivity index (χ4n) is 11.8. The van der Waals surface area contributed by atoms with Crippen LogP contribution in [0.5, 0.6) is 0 Å². The summed E-state index contributed by atoms with van der Waals surface area (Å²) in [6.45, 7) is 2.47. The summed E-state index contributed by atoms with van der Waals surface area (Å²) in [5.74, 6) is -1.59. The molecule has 0 aliphatic heterocycles.